The van der Waals surface area contributed by atoms with Gasteiger partial charge in [-0.1, -0.05) is 43.9 Å². The Labute approximate surface area is 237 Å². The second-order valence-electron chi connectivity index (χ2n) is 11.8. The van der Waals surface area contributed by atoms with E-state index in [1.165, 1.54) is 6.26 Å². The highest BCUT2D eigenvalue weighted by Crippen LogP contribution is 2.33. The molecule has 7 nitrogen and oxygen atoms in total. The van der Waals surface area contributed by atoms with E-state index in [1.807, 2.05) is 35.0 Å². The molecule has 5 aromatic rings. The zero-order chi connectivity index (χ0) is 28.5. The molecule has 0 aliphatic heterocycles. The van der Waals surface area contributed by atoms with Crippen LogP contribution in [-0.2, 0) is 27.7 Å². The number of fused-ring (bicyclic) bond motifs is 2. The van der Waals surface area contributed by atoms with Crippen molar-refractivity contribution in [3.63, 3.8) is 0 Å². The Bertz CT molecular complexity index is 1780. The third kappa shape index (κ3) is 6.49. The second kappa shape index (κ2) is 11.2. The van der Waals surface area contributed by atoms with E-state index >= 15 is 0 Å². The second-order valence-corrected chi connectivity index (χ2v) is 19.9. The average Bonchev–Trinajstić information content (AvgIpc) is 3.32. The molecule has 0 fully saturated rings. The molecular formula is C31H36N4O3SSi. The number of hydrogen-bond acceptors (Lipinski definition) is 6. The number of pyridine rings is 2. The van der Waals surface area contributed by atoms with Crippen LogP contribution < -0.4 is 0 Å². The van der Waals surface area contributed by atoms with E-state index in [2.05, 4.69) is 59.9 Å². The lowest BCUT2D eigenvalue weighted by atomic mass is 9.95. The number of hydrogen-bond donors (Lipinski definition) is 0. The quantitative estimate of drug-likeness (QED) is 0.138. The van der Waals surface area contributed by atoms with Gasteiger partial charge in [0.25, 0.3) is 0 Å². The van der Waals surface area contributed by atoms with Crippen molar-refractivity contribution in [3.05, 3.63) is 78.9 Å². The van der Waals surface area contributed by atoms with Crippen LogP contribution >= 0.6 is 0 Å². The fraction of sp³-hybridized carbons (Fsp3) is 0.323. The lowest BCUT2D eigenvalue weighted by Gasteiger charge is -2.15. The van der Waals surface area contributed by atoms with Crippen LogP contribution in [0, 0.1) is 0 Å². The van der Waals surface area contributed by atoms with E-state index in [-0.39, 0.29) is 0 Å². The van der Waals surface area contributed by atoms with Crippen molar-refractivity contribution in [1.29, 1.82) is 0 Å². The summed E-state index contributed by atoms with van der Waals surface area (Å²) in [7, 11) is -4.27. The molecule has 2 aromatic carbocycles. The molecule has 0 radical (unpaired) electrons. The molecular weight excluding hydrogens is 537 g/mol. The van der Waals surface area contributed by atoms with Crippen molar-refractivity contribution in [2.75, 3.05) is 12.9 Å². The van der Waals surface area contributed by atoms with Crippen LogP contribution in [0.4, 0.5) is 0 Å². The largest absolute Gasteiger partial charge is 0.361 e. The Morgan fingerprint density at radius 2 is 1.75 bits per heavy atom. The lowest BCUT2D eigenvalue weighted by molar-refractivity contribution is 0.0895. The SMILES string of the molecule is CC(Cc1cc(-c2cccc(-c3cnc4c(c3)ncn4COCC[Si](C)(C)C)c2)c2ncccc2c1)S(C)(=O)=O. The zero-order valence-corrected chi connectivity index (χ0v) is 25.6. The van der Waals surface area contributed by atoms with Gasteiger partial charge < -0.3 is 4.74 Å². The molecule has 0 N–H and O–H groups in total. The molecule has 1 unspecified atom stereocenters. The Hall–Kier alpha value is -3.40. The summed E-state index contributed by atoms with van der Waals surface area (Å²) < 4.78 is 32.1. The van der Waals surface area contributed by atoms with E-state index in [0.29, 0.717) is 13.2 Å². The van der Waals surface area contributed by atoms with Crippen LogP contribution in [0.15, 0.2) is 73.3 Å². The van der Waals surface area contributed by atoms with Gasteiger partial charge in [0.15, 0.2) is 5.65 Å². The maximum atomic E-state index is 12.1. The maximum absolute atomic E-state index is 12.1. The van der Waals surface area contributed by atoms with Crippen LogP contribution in [0.5, 0.6) is 0 Å². The third-order valence-corrected chi connectivity index (χ3v) is 10.5. The Kier molecular flexibility index (Phi) is 7.90. The summed E-state index contributed by atoms with van der Waals surface area (Å²) in [6.45, 7) is 9.98. The van der Waals surface area contributed by atoms with Crippen molar-refractivity contribution < 1.29 is 13.2 Å². The molecule has 0 aliphatic rings. The number of nitrogens with zero attached hydrogens (tertiary/aromatic N) is 4. The molecule has 0 amide bonds. The standard InChI is InChI=1S/C31H36N4O3SSi/c1-22(39(2,36)37)14-23-15-26-10-7-11-32-30(26)28(16-23)25-9-6-8-24(17-25)27-18-29-31(33-19-27)35(20-34-29)21-38-12-13-40(3,4)5/h6-11,15-20,22H,12-14,21H2,1-5H3. The molecule has 0 saturated carbocycles. The Morgan fingerprint density at radius 3 is 2.52 bits per heavy atom. The molecule has 0 bridgehead atoms. The van der Waals surface area contributed by atoms with Gasteiger partial charge in [-0.25, -0.2) is 18.4 Å². The van der Waals surface area contributed by atoms with Crippen LogP contribution in [-0.4, -0.2) is 54.1 Å². The first-order valence-corrected chi connectivity index (χ1v) is 19.2. The number of aromatic nitrogens is 4. The number of sulfone groups is 1. The third-order valence-electron chi connectivity index (χ3n) is 7.21. The molecule has 9 heteroatoms. The topological polar surface area (TPSA) is 87.0 Å². The van der Waals surface area contributed by atoms with E-state index in [9.17, 15) is 8.42 Å². The van der Waals surface area contributed by atoms with Crippen LogP contribution in [0.3, 0.4) is 0 Å². The van der Waals surface area contributed by atoms with Gasteiger partial charge >= 0.3 is 0 Å². The number of rotatable bonds is 10. The first kappa shape index (κ1) is 28.1. The smallest absolute Gasteiger partial charge is 0.161 e. The molecule has 0 spiro atoms. The molecule has 208 valence electrons. The number of benzene rings is 2. The van der Waals surface area contributed by atoms with E-state index < -0.39 is 23.2 Å². The summed E-state index contributed by atoms with van der Waals surface area (Å²) in [5, 5.41) is 0.519. The van der Waals surface area contributed by atoms with Gasteiger partial charge in [0.1, 0.15) is 22.1 Å². The van der Waals surface area contributed by atoms with Crippen molar-refractivity contribution in [3.8, 4) is 22.3 Å². The van der Waals surface area contributed by atoms with Crippen LogP contribution in [0.1, 0.15) is 12.5 Å². The predicted octanol–water partition coefficient (Wildman–Crippen LogP) is 6.60. The Morgan fingerprint density at radius 1 is 0.950 bits per heavy atom. The highest BCUT2D eigenvalue weighted by molar-refractivity contribution is 7.91. The van der Waals surface area contributed by atoms with E-state index in [4.69, 9.17) is 9.72 Å². The molecule has 3 aromatic heterocycles. The first-order valence-electron chi connectivity index (χ1n) is 13.5. The monoisotopic (exact) mass is 572 g/mol. The van der Waals surface area contributed by atoms with Gasteiger partial charge in [0.2, 0.25) is 0 Å². The van der Waals surface area contributed by atoms with Crippen LogP contribution in [0.2, 0.25) is 25.7 Å². The minimum atomic E-state index is -3.14. The van der Waals surface area contributed by atoms with Crippen molar-refractivity contribution in [2.45, 2.75) is 51.0 Å². The predicted molar refractivity (Wildman–Crippen MR) is 166 cm³/mol. The van der Waals surface area contributed by atoms with Crippen molar-refractivity contribution in [2.24, 2.45) is 0 Å². The summed E-state index contributed by atoms with van der Waals surface area (Å²) in [6, 6.07) is 19.5. The average molecular weight is 573 g/mol. The fourth-order valence-electron chi connectivity index (χ4n) is 4.68. The van der Waals surface area contributed by atoms with Gasteiger partial charge in [-0.3, -0.25) is 9.55 Å². The van der Waals surface area contributed by atoms with Gasteiger partial charge in [0, 0.05) is 49.8 Å². The van der Waals surface area contributed by atoms with E-state index in [1.54, 1.807) is 19.4 Å². The molecule has 1 atom stereocenters. The summed E-state index contributed by atoms with van der Waals surface area (Å²) in [5.74, 6) is 0. The number of imidazole rings is 1. The summed E-state index contributed by atoms with van der Waals surface area (Å²) in [5.41, 5.74) is 7.46. The first-order chi connectivity index (χ1) is 19.0. The minimum absolute atomic E-state index is 0.442. The molecule has 0 aliphatic carbocycles. The molecule has 0 saturated heterocycles. The number of ether oxygens (including phenoxy) is 1. The molecule has 3 heterocycles. The lowest BCUT2D eigenvalue weighted by Crippen LogP contribution is -2.22. The minimum Gasteiger partial charge on any atom is -0.361 e. The highest BCUT2D eigenvalue weighted by atomic mass is 32.2. The maximum Gasteiger partial charge on any atom is 0.161 e. The zero-order valence-electron chi connectivity index (χ0n) is 23.8. The van der Waals surface area contributed by atoms with Crippen LogP contribution in [0.25, 0.3) is 44.3 Å². The molecule has 5 rings (SSSR count). The van der Waals surface area contributed by atoms with Gasteiger partial charge in [-0.15, -0.1) is 0 Å². The van der Waals surface area contributed by atoms with Gasteiger partial charge in [-0.2, -0.15) is 0 Å². The fourth-order valence-corrected chi connectivity index (χ4v) is 5.94. The highest BCUT2D eigenvalue weighted by Gasteiger charge is 2.18. The summed E-state index contributed by atoms with van der Waals surface area (Å²) >= 11 is 0. The van der Waals surface area contributed by atoms with Crippen molar-refractivity contribution >= 4 is 40.0 Å². The van der Waals surface area contributed by atoms with Gasteiger partial charge in [0.05, 0.1) is 17.1 Å². The summed E-state index contributed by atoms with van der Waals surface area (Å²) in [4.78, 5) is 14.0. The van der Waals surface area contributed by atoms with E-state index in [0.717, 1.165) is 62.5 Å². The van der Waals surface area contributed by atoms with Crippen molar-refractivity contribution in [1.82, 2.24) is 19.5 Å². The normalized spacial score (nSPS) is 13.2. The molecule has 40 heavy (non-hydrogen) atoms. The van der Waals surface area contributed by atoms with Gasteiger partial charge in [-0.05, 0) is 66.4 Å². The Balaban J connectivity index is 1.45. The summed E-state index contributed by atoms with van der Waals surface area (Å²) in [6.07, 6.45) is 7.19.